The van der Waals surface area contributed by atoms with E-state index < -0.39 is 18.0 Å². The Morgan fingerprint density at radius 3 is 2.83 bits per heavy atom. The highest BCUT2D eigenvalue weighted by Gasteiger charge is 2.28. The molecule has 5 N–H and O–H groups in total. The summed E-state index contributed by atoms with van der Waals surface area (Å²) in [6.45, 7) is 1.80. The molecule has 1 aromatic carbocycles. The number of aryl methyl sites for hydroxylation is 1. The van der Waals surface area contributed by atoms with Crippen LogP contribution in [0, 0.1) is 12.7 Å². The van der Waals surface area contributed by atoms with Crippen LogP contribution in [-0.4, -0.2) is 57.4 Å². The Labute approximate surface area is 208 Å². The number of ether oxygens (including phenoxy) is 1. The highest BCUT2D eigenvalue weighted by atomic mass is 19.1. The average Bonchev–Trinajstić information content (AvgIpc) is 2.87. The normalized spacial score (nSPS) is 15.7. The van der Waals surface area contributed by atoms with Crippen molar-refractivity contribution >= 4 is 11.8 Å². The van der Waals surface area contributed by atoms with Gasteiger partial charge in [-0.05, 0) is 43.5 Å². The van der Waals surface area contributed by atoms with Gasteiger partial charge in [0.2, 0.25) is 11.8 Å². The van der Waals surface area contributed by atoms with Crippen molar-refractivity contribution in [1.29, 1.82) is 0 Å². The average molecular weight is 497 g/mol. The number of benzene rings is 1. The molecule has 1 aliphatic heterocycles. The van der Waals surface area contributed by atoms with Crippen LogP contribution in [0.3, 0.4) is 0 Å². The number of anilines is 1. The van der Waals surface area contributed by atoms with Crippen molar-refractivity contribution in [2.45, 2.75) is 38.3 Å². The highest BCUT2D eigenvalue weighted by Crippen LogP contribution is 2.36. The lowest BCUT2D eigenvalue weighted by Crippen LogP contribution is -2.32. The lowest BCUT2D eigenvalue weighted by molar-refractivity contribution is 0.0532. The van der Waals surface area contributed by atoms with E-state index in [9.17, 15) is 9.50 Å². The summed E-state index contributed by atoms with van der Waals surface area (Å²) < 4.78 is 19.6. The van der Waals surface area contributed by atoms with Gasteiger partial charge in [-0.15, -0.1) is 0 Å². The molecule has 1 aliphatic rings. The van der Waals surface area contributed by atoms with Crippen LogP contribution in [0.4, 0.5) is 10.3 Å². The smallest absolute Gasteiger partial charge is 0.220 e. The lowest BCUT2D eigenvalue weighted by Gasteiger charge is -2.26. The third-order valence-electron chi connectivity index (χ3n) is 5.84. The fourth-order valence-electron chi connectivity index (χ4n) is 4.14. The molecule has 190 valence electrons. The lowest BCUT2D eigenvalue weighted by atomic mass is 9.91. The standard InChI is InChI=1S/C25H29FN6O4/c1-14-23-21(31-25(27)28-14)12-20(30-24(23)32-36-10-4-5-16(34)13-33)17-9-8-15(26)11-18(17)19-6-3-7-22(29-19)35-2/h3,6-9,11,16,20,33-34H,4-5,10,12-13H2,1-2H3,(H,30,32)(H2,27,28,31)/t16-,20+/m1/s1. The molecule has 0 bridgehead atoms. The van der Waals surface area contributed by atoms with Gasteiger partial charge < -0.3 is 20.7 Å². The first kappa shape index (κ1) is 25.4. The molecule has 4 rings (SSSR count). The number of hydrogen-bond donors (Lipinski definition) is 4. The van der Waals surface area contributed by atoms with Crippen LogP contribution in [-0.2, 0) is 11.3 Å². The van der Waals surface area contributed by atoms with Gasteiger partial charge in [-0.1, -0.05) is 12.1 Å². The number of nitrogens with two attached hydrogens (primary N) is 1. The van der Waals surface area contributed by atoms with Crippen molar-refractivity contribution in [3.8, 4) is 17.1 Å². The SMILES string of the molecule is COc1cccc(-c2cc(F)ccc2[C@@H]2Cc3nc(N)nc(C)c3C(NOCCC[C@@H](O)CO)=N2)n1. The van der Waals surface area contributed by atoms with Crippen LogP contribution in [0.2, 0.25) is 0 Å². The Kier molecular flexibility index (Phi) is 8.04. The number of hydroxylamine groups is 1. The van der Waals surface area contributed by atoms with Crippen molar-refractivity contribution in [2.24, 2.45) is 4.99 Å². The van der Waals surface area contributed by atoms with E-state index in [0.29, 0.717) is 59.2 Å². The molecule has 0 unspecified atom stereocenters. The number of aliphatic hydroxyl groups is 2. The molecule has 0 saturated carbocycles. The van der Waals surface area contributed by atoms with Gasteiger partial charge in [-0.3, -0.25) is 9.83 Å². The number of aromatic nitrogens is 3. The summed E-state index contributed by atoms with van der Waals surface area (Å²) in [6.07, 6.45) is 0.555. The van der Waals surface area contributed by atoms with Gasteiger partial charge in [0.25, 0.3) is 0 Å². The van der Waals surface area contributed by atoms with Gasteiger partial charge in [0.05, 0.1) is 55.1 Å². The maximum atomic E-state index is 14.3. The summed E-state index contributed by atoms with van der Waals surface area (Å²) in [5, 5.41) is 18.5. The predicted molar refractivity (Wildman–Crippen MR) is 132 cm³/mol. The second-order valence-corrected chi connectivity index (χ2v) is 8.41. The number of rotatable bonds is 9. The zero-order chi connectivity index (χ0) is 25.7. The number of amidine groups is 1. The van der Waals surface area contributed by atoms with E-state index in [1.54, 1.807) is 24.3 Å². The zero-order valence-corrected chi connectivity index (χ0v) is 20.1. The van der Waals surface area contributed by atoms with E-state index in [4.69, 9.17) is 25.4 Å². The molecule has 0 aliphatic carbocycles. The molecule has 0 radical (unpaired) electrons. The monoisotopic (exact) mass is 496 g/mol. The third kappa shape index (κ3) is 5.76. The number of aliphatic imine (C=N–C) groups is 1. The van der Waals surface area contributed by atoms with Crippen LogP contribution < -0.4 is 16.0 Å². The highest BCUT2D eigenvalue weighted by molar-refractivity contribution is 6.01. The number of aliphatic hydroxyl groups excluding tert-OH is 2. The van der Waals surface area contributed by atoms with Crippen molar-refractivity contribution < 1.29 is 24.2 Å². The first-order chi connectivity index (χ1) is 17.4. The van der Waals surface area contributed by atoms with Crippen LogP contribution in [0.1, 0.15) is 41.4 Å². The van der Waals surface area contributed by atoms with Gasteiger partial charge >= 0.3 is 0 Å². The topological polar surface area (TPSA) is 148 Å². The molecule has 10 nitrogen and oxygen atoms in total. The number of methoxy groups -OCH3 is 1. The fourth-order valence-corrected chi connectivity index (χ4v) is 4.14. The van der Waals surface area contributed by atoms with E-state index in [1.165, 1.54) is 19.2 Å². The first-order valence-electron chi connectivity index (χ1n) is 11.6. The summed E-state index contributed by atoms with van der Waals surface area (Å²) in [6, 6.07) is 9.38. The third-order valence-corrected chi connectivity index (χ3v) is 5.84. The number of pyridine rings is 1. The van der Waals surface area contributed by atoms with Crippen LogP contribution in [0.15, 0.2) is 41.4 Å². The Balaban J connectivity index is 1.68. The Bertz CT molecular complexity index is 1260. The van der Waals surface area contributed by atoms with Crippen molar-refractivity contribution in [2.75, 3.05) is 26.1 Å². The van der Waals surface area contributed by atoms with Crippen LogP contribution >= 0.6 is 0 Å². The number of halogens is 1. The number of hydrogen-bond acceptors (Lipinski definition) is 10. The van der Waals surface area contributed by atoms with Gasteiger partial charge in [-0.2, -0.15) is 0 Å². The molecule has 3 aromatic rings. The molecule has 0 fully saturated rings. The first-order valence-corrected chi connectivity index (χ1v) is 11.6. The van der Waals surface area contributed by atoms with Gasteiger partial charge in [-0.25, -0.2) is 24.8 Å². The van der Waals surface area contributed by atoms with E-state index in [2.05, 4.69) is 20.4 Å². The maximum absolute atomic E-state index is 14.3. The van der Waals surface area contributed by atoms with E-state index in [0.717, 1.165) is 5.56 Å². The van der Waals surface area contributed by atoms with Gasteiger partial charge in [0.15, 0.2) is 5.84 Å². The minimum absolute atomic E-state index is 0.152. The molecule has 11 heteroatoms. The molecule has 2 atom stereocenters. The summed E-state index contributed by atoms with van der Waals surface area (Å²) in [5.74, 6) is 0.598. The molecular weight excluding hydrogens is 467 g/mol. The Hall–Kier alpha value is -3.67. The van der Waals surface area contributed by atoms with Crippen molar-refractivity contribution in [1.82, 2.24) is 20.4 Å². The molecular formula is C25H29FN6O4. The van der Waals surface area contributed by atoms with Crippen molar-refractivity contribution in [3.63, 3.8) is 0 Å². The molecule has 0 spiro atoms. The second kappa shape index (κ2) is 11.4. The van der Waals surface area contributed by atoms with Gasteiger partial charge in [0.1, 0.15) is 5.82 Å². The largest absolute Gasteiger partial charge is 0.481 e. The van der Waals surface area contributed by atoms with E-state index in [1.807, 2.05) is 6.92 Å². The summed E-state index contributed by atoms with van der Waals surface area (Å²) in [7, 11) is 1.52. The molecule has 0 saturated heterocycles. The molecule has 36 heavy (non-hydrogen) atoms. The number of fused-ring (bicyclic) bond motifs is 1. The van der Waals surface area contributed by atoms with Crippen LogP contribution in [0.5, 0.6) is 5.88 Å². The van der Waals surface area contributed by atoms with Crippen LogP contribution in [0.25, 0.3) is 11.3 Å². The zero-order valence-electron chi connectivity index (χ0n) is 20.1. The number of nitrogens with zero attached hydrogens (tertiary/aromatic N) is 4. The second-order valence-electron chi connectivity index (χ2n) is 8.41. The van der Waals surface area contributed by atoms with E-state index in [-0.39, 0.29) is 19.2 Å². The minimum atomic E-state index is -0.786. The molecule has 3 heterocycles. The number of nitrogen functional groups attached to an aromatic ring is 1. The van der Waals surface area contributed by atoms with Gasteiger partial charge in [0, 0.05) is 18.1 Å². The van der Waals surface area contributed by atoms with E-state index >= 15 is 0 Å². The summed E-state index contributed by atoms with van der Waals surface area (Å²) in [5.41, 5.74) is 12.8. The predicted octanol–water partition coefficient (Wildman–Crippen LogP) is 2.28. The molecule has 0 amide bonds. The minimum Gasteiger partial charge on any atom is -0.481 e. The molecule has 2 aromatic heterocycles. The summed E-state index contributed by atoms with van der Waals surface area (Å²) >= 11 is 0. The fraction of sp³-hybridized carbons (Fsp3) is 0.360. The number of nitrogens with one attached hydrogen (secondary N) is 1. The van der Waals surface area contributed by atoms with Crippen molar-refractivity contribution in [3.05, 3.63) is 64.7 Å². The maximum Gasteiger partial charge on any atom is 0.220 e. The Morgan fingerprint density at radius 1 is 1.22 bits per heavy atom. The quantitative estimate of drug-likeness (QED) is 0.259. The Morgan fingerprint density at radius 2 is 2.06 bits per heavy atom. The summed E-state index contributed by atoms with van der Waals surface area (Å²) in [4.78, 5) is 23.7.